The van der Waals surface area contributed by atoms with E-state index in [1.807, 2.05) is 0 Å². The molecule has 1 unspecified atom stereocenters. The first kappa shape index (κ1) is 11.6. The van der Waals surface area contributed by atoms with E-state index in [0.717, 1.165) is 11.5 Å². The van der Waals surface area contributed by atoms with Crippen LogP contribution in [-0.2, 0) is 0 Å². The van der Waals surface area contributed by atoms with Crippen molar-refractivity contribution >= 4 is 0 Å². The van der Waals surface area contributed by atoms with E-state index in [1.54, 1.807) is 0 Å². The lowest BCUT2D eigenvalue weighted by Crippen LogP contribution is -2.15. The quantitative estimate of drug-likeness (QED) is 0.853. The Morgan fingerprint density at radius 3 is 2.62 bits per heavy atom. The molecule has 90 valence electrons. The normalized spacial score (nSPS) is 20.2. The summed E-state index contributed by atoms with van der Waals surface area (Å²) in [6.07, 6.45) is 6.52. The molecule has 0 aliphatic heterocycles. The molecule has 1 aromatic rings. The van der Waals surface area contributed by atoms with Gasteiger partial charge in [-0.15, -0.1) is 0 Å². The minimum Gasteiger partial charge on any atom is -0.359 e. The van der Waals surface area contributed by atoms with Crippen LogP contribution in [0.2, 0.25) is 0 Å². The molecule has 1 fully saturated rings. The summed E-state index contributed by atoms with van der Waals surface area (Å²) >= 11 is 0. The number of aromatic nitrogens is 1. The summed E-state index contributed by atoms with van der Waals surface area (Å²) in [5.41, 5.74) is 7.16. The van der Waals surface area contributed by atoms with Crippen LogP contribution in [0.5, 0.6) is 0 Å². The smallest absolute Gasteiger partial charge is 0.153 e. The number of hydrogen-bond acceptors (Lipinski definition) is 3. The third kappa shape index (κ3) is 2.46. The first-order valence-electron chi connectivity index (χ1n) is 6.40. The summed E-state index contributed by atoms with van der Waals surface area (Å²) in [5, 5.41) is 4.19. The van der Waals surface area contributed by atoms with Gasteiger partial charge in [-0.1, -0.05) is 38.3 Å². The van der Waals surface area contributed by atoms with Crippen LogP contribution in [0.3, 0.4) is 0 Å². The molecule has 0 aromatic carbocycles. The van der Waals surface area contributed by atoms with Crippen LogP contribution in [0.4, 0.5) is 0 Å². The van der Waals surface area contributed by atoms with Crippen molar-refractivity contribution in [2.24, 2.45) is 11.7 Å². The van der Waals surface area contributed by atoms with Crippen molar-refractivity contribution in [1.82, 2.24) is 5.16 Å². The average Bonchev–Trinajstić information content (AvgIpc) is 2.78. The molecule has 1 aliphatic rings. The molecule has 2 rings (SSSR count). The van der Waals surface area contributed by atoms with Crippen LogP contribution in [0.25, 0.3) is 0 Å². The number of nitrogens with zero attached hydrogens (tertiary/aromatic N) is 1. The highest BCUT2D eigenvalue weighted by atomic mass is 16.5. The molecule has 0 bridgehead atoms. The Morgan fingerprint density at radius 2 is 2.00 bits per heavy atom. The van der Waals surface area contributed by atoms with E-state index in [1.165, 1.54) is 32.1 Å². The molecule has 3 nitrogen and oxygen atoms in total. The van der Waals surface area contributed by atoms with Gasteiger partial charge in [0, 0.05) is 12.0 Å². The molecule has 1 atom stereocenters. The molecule has 1 saturated carbocycles. The summed E-state index contributed by atoms with van der Waals surface area (Å²) in [4.78, 5) is 0. The van der Waals surface area contributed by atoms with Crippen LogP contribution in [0.15, 0.2) is 10.6 Å². The van der Waals surface area contributed by atoms with Crippen molar-refractivity contribution in [1.29, 1.82) is 0 Å². The zero-order valence-electron chi connectivity index (χ0n) is 10.3. The molecule has 1 aliphatic carbocycles. The van der Waals surface area contributed by atoms with Gasteiger partial charge < -0.3 is 10.3 Å². The maximum Gasteiger partial charge on any atom is 0.153 e. The minimum atomic E-state index is -0.0233. The summed E-state index contributed by atoms with van der Waals surface area (Å²) in [7, 11) is 0. The van der Waals surface area contributed by atoms with Gasteiger partial charge in [-0.25, -0.2) is 0 Å². The Kier molecular flexibility index (Phi) is 3.64. The van der Waals surface area contributed by atoms with Gasteiger partial charge in [0.2, 0.25) is 0 Å². The fourth-order valence-electron chi connectivity index (χ4n) is 2.38. The van der Waals surface area contributed by atoms with E-state index in [0.29, 0.717) is 11.8 Å². The van der Waals surface area contributed by atoms with Gasteiger partial charge in [0.25, 0.3) is 0 Å². The van der Waals surface area contributed by atoms with Gasteiger partial charge in [-0.3, -0.25) is 0 Å². The molecule has 1 aromatic heterocycles. The van der Waals surface area contributed by atoms with Crippen molar-refractivity contribution < 1.29 is 4.52 Å². The highest BCUT2D eigenvalue weighted by Gasteiger charge is 2.22. The van der Waals surface area contributed by atoms with Crippen molar-refractivity contribution in [3.8, 4) is 0 Å². The van der Waals surface area contributed by atoms with Crippen LogP contribution >= 0.6 is 0 Å². The van der Waals surface area contributed by atoms with Crippen molar-refractivity contribution in [3.63, 3.8) is 0 Å². The minimum absolute atomic E-state index is 0.0233. The van der Waals surface area contributed by atoms with E-state index < -0.39 is 0 Å². The van der Waals surface area contributed by atoms with Gasteiger partial charge >= 0.3 is 0 Å². The topological polar surface area (TPSA) is 52.0 Å². The molecule has 0 spiro atoms. The molecule has 0 amide bonds. The van der Waals surface area contributed by atoms with Gasteiger partial charge in [-0.05, 0) is 18.8 Å². The van der Waals surface area contributed by atoms with E-state index in [9.17, 15) is 0 Å². The van der Waals surface area contributed by atoms with Gasteiger partial charge in [0.15, 0.2) is 5.76 Å². The summed E-state index contributed by atoms with van der Waals surface area (Å²) < 4.78 is 5.37. The first-order valence-corrected chi connectivity index (χ1v) is 6.40. The van der Waals surface area contributed by atoms with Crippen molar-refractivity contribution in [2.45, 2.75) is 57.9 Å². The van der Waals surface area contributed by atoms with Crippen molar-refractivity contribution in [3.05, 3.63) is 17.5 Å². The predicted octanol–water partition coefficient (Wildman–Crippen LogP) is 3.38. The number of rotatable bonds is 3. The average molecular weight is 222 g/mol. The summed E-state index contributed by atoms with van der Waals surface area (Å²) in [6, 6.07) is 2.05. The highest BCUT2D eigenvalue weighted by Crippen LogP contribution is 2.33. The largest absolute Gasteiger partial charge is 0.359 e. The maximum atomic E-state index is 6.05. The standard InChI is InChI=1S/C13H22N2O/c1-9(2)13(14)12-8-11(15-16-12)10-6-4-3-5-7-10/h8-10,13H,3-7,14H2,1-2H3. The third-order valence-corrected chi connectivity index (χ3v) is 3.62. The van der Waals surface area contributed by atoms with Gasteiger partial charge in [0.05, 0.1) is 11.7 Å². The lowest BCUT2D eigenvalue weighted by atomic mass is 9.86. The van der Waals surface area contributed by atoms with E-state index in [2.05, 4.69) is 25.1 Å². The van der Waals surface area contributed by atoms with Crippen molar-refractivity contribution in [2.75, 3.05) is 0 Å². The van der Waals surface area contributed by atoms with Gasteiger partial charge in [0.1, 0.15) is 0 Å². The van der Waals surface area contributed by atoms with Crippen LogP contribution in [-0.4, -0.2) is 5.16 Å². The maximum absolute atomic E-state index is 6.05. The Hall–Kier alpha value is -0.830. The Bertz CT molecular complexity index is 326. The number of hydrogen-bond donors (Lipinski definition) is 1. The molecule has 0 radical (unpaired) electrons. The second-order valence-electron chi connectivity index (χ2n) is 5.26. The zero-order chi connectivity index (χ0) is 11.5. The van der Waals surface area contributed by atoms with Crippen LogP contribution < -0.4 is 5.73 Å². The van der Waals surface area contributed by atoms with E-state index in [-0.39, 0.29) is 6.04 Å². The second kappa shape index (κ2) is 5.00. The molecule has 0 saturated heterocycles. The number of nitrogens with two attached hydrogens (primary N) is 1. The highest BCUT2D eigenvalue weighted by molar-refractivity contribution is 5.14. The van der Waals surface area contributed by atoms with Crippen LogP contribution in [0, 0.1) is 5.92 Å². The van der Waals surface area contributed by atoms with E-state index >= 15 is 0 Å². The van der Waals surface area contributed by atoms with E-state index in [4.69, 9.17) is 10.3 Å². The molecular weight excluding hydrogens is 200 g/mol. The summed E-state index contributed by atoms with van der Waals surface area (Å²) in [5.74, 6) is 1.84. The molecule has 2 N–H and O–H groups in total. The predicted molar refractivity (Wildman–Crippen MR) is 64.1 cm³/mol. The monoisotopic (exact) mass is 222 g/mol. The second-order valence-corrected chi connectivity index (χ2v) is 5.26. The fourth-order valence-corrected chi connectivity index (χ4v) is 2.38. The summed E-state index contributed by atoms with van der Waals surface area (Å²) in [6.45, 7) is 4.21. The molecular formula is C13H22N2O. The zero-order valence-corrected chi connectivity index (χ0v) is 10.3. The molecule has 16 heavy (non-hydrogen) atoms. The Labute approximate surface area is 97.4 Å². The lowest BCUT2D eigenvalue weighted by Gasteiger charge is -2.18. The molecule has 1 heterocycles. The third-order valence-electron chi connectivity index (χ3n) is 3.62. The Balaban J connectivity index is 2.06. The van der Waals surface area contributed by atoms with Gasteiger partial charge in [-0.2, -0.15) is 0 Å². The van der Waals surface area contributed by atoms with Crippen LogP contribution in [0.1, 0.15) is 69.4 Å². The Morgan fingerprint density at radius 1 is 1.31 bits per heavy atom. The first-order chi connectivity index (χ1) is 7.68. The SMILES string of the molecule is CC(C)C(N)c1cc(C2CCCCC2)no1. The lowest BCUT2D eigenvalue weighted by molar-refractivity contribution is 0.321. The molecule has 3 heteroatoms. The fraction of sp³-hybridized carbons (Fsp3) is 0.769.